The maximum atomic E-state index is 13.0. The summed E-state index contributed by atoms with van der Waals surface area (Å²) in [5.74, 6) is 1.99. The summed E-state index contributed by atoms with van der Waals surface area (Å²) in [6.07, 6.45) is 8.70. The van der Waals surface area contributed by atoms with Gasteiger partial charge >= 0.3 is 0 Å². The molecule has 4 fully saturated rings. The summed E-state index contributed by atoms with van der Waals surface area (Å²) >= 11 is 0. The SMILES string of the molecule is CC(CCC(=O)NC(CS(=O)(=O)O)c1ccccc1)C1CCC2C3CCC4CC(O)CCC4(C)C3CC(O)C12C. The summed E-state index contributed by atoms with van der Waals surface area (Å²) in [5.41, 5.74) is 0.693. The zero-order chi connectivity index (χ0) is 28.9. The lowest BCUT2D eigenvalue weighted by atomic mass is 9.43. The van der Waals surface area contributed by atoms with E-state index in [0.29, 0.717) is 41.6 Å². The van der Waals surface area contributed by atoms with Crippen LogP contribution in [0.1, 0.15) is 96.6 Å². The van der Waals surface area contributed by atoms with Crippen LogP contribution in [-0.4, -0.2) is 47.1 Å². The van der Waals surface area contributed by atoms with Crippen LogP contribution < -0.4 is 5.32 Å². The number of carbonyl (C=O) groups excluding carboxylic acids is 1. The van der Waals surface area contributed by atoms with Crippen LogP contribution in [0.25, 0.3) is 0 Å². The van der Waals surface area contributed by atoms with Crippen LogP contribution in [0, 0.1) is 46.3 Å². The van der Waals surface area contributed by atoms with Gasteiger partial charge in [-0.15, -0.1) is 0 Å². The topological polar surface area (TPSA) is 124 Å². The second kappa shape index (κ2) is 11.3. The van der Waals surface area contributed by atoms with Crippen molar-refractivity contribution in [2.75, 3.05) is 5.75 Å². The molecule has 0 bridgehead atoms. The predicted molar refractivity (Wildman–Crippen MR) is 155 cm³/mol. The van der Waals surface area contributed by atoms with Crippen LogP contribution in [0.15, 0.2) is 30.3 Å². The molecule has 4 N–H and O–H groups in total. The predicted octanol–water partition coefficient (Wildman–Crippen LogP) is 5.14. The van der Waals surface area contributed by atoms with E-state index in [0.717, 1.165) is 38.5 Å². The van der Waals surface area contributed by atoms with Crippen molar-refractivity contribution in [3.8, 4) is 0 Å². The Kier molecular flexibility index (Phi) is 8.48. The summed E-state index contributed by atoms with van der Waals surface area (Å²) in [6.45, 7) is 6.95. The van der Waals surface area contributed by atoms with Crippen molar-refractivity contribution >= 4 is 16.0 Å². The molecule has 0 aliphatic heterocycles. The Morgan fingerprint density at radius 2 is 1.75 bits per heavy atom. The van der Waals surface area contributed by atoms with Crippen molar-refractivity contribution in [2.24, 2.45) is 46.3 Å². The van der Waals surface area contributed by atoms with Crippen molar-refractivity contribution in [1.29, 1.82) is 0 Å². The highest BCUT2D eigenvalue weighted by Crippen LogP contribution is 2.68. The van der Waals surface area contributed by atoms with Gasteiger partial charge in [-0.3, -0.25) is 9.35 Å². The van der Waals surface area contributed by atoms with Gasteiger partial charge in [-0.05, 0) is 110 Å². The zero-order valence-electron chi connectivity index (χ0n) is 24.3. The third-order valence-electron chi connectivity index (χ3n) is 12.2. The first-order valence-corrected chi connectivity index (χ1v) is 17.1. The molecule has 5 rings (SSSR count). The van der Waals surface area contributed by atoms with Crippen molar-refractivity contribution in [3.63, 3.8) is 0 Å². The number of benzene rings is 1. The minimum absolute atomic E-state index is 0.161. The Morgan fingerprint density at radius 1 is 1.02 bits per heavy atom. The first kappa shape index (κ1) is 30.0. The number of hydrogen-bond donors (Lipinski definition) is 4. The molecule has 0 heterocycles. The molecular weight excluding hydrogens is 526 g/mol. The van der Waals surface area contributed by atoms with Gasteiger partial charge in [0.05, 0.1) is 24.0 Å². The van der Waals surface area contributed by atoms with Crippen LogP contribution in [0.3, 0.4) is 0 Å². The molecule has 8 heteroatoms. The molecule has 11 unspecified atom stereocenters. The molecule has 4 aliphatic rings. The Balaban J connectivity index is 1.24. The molecule has 0 saturated heterocycles. The average molecular weight is 576 g/mol. The molecule has 40 heavy (non-hydrogen) atoms. The minimum atomic E-state index is -4.27. The van der Waals surface area contributed by atoms with E-state index in [9.17, 15) is 28.0 Å². The van der Waals surface area contributed by atoms with E-state index in [1.807, 2.05) is 6.07 Å². The van der Waals surface area contributed by atoms with Gasteiger partial charge in [0.15, 0.2) is 0 Å². The lowest BCUT2D eigenvalue weighted by Gasteiger charge is -2.62. The fourth-order valence-electron chi connectivity index (χ4n) is 10.1. The third kappa shape index (κ3) is 5.62. The molecule has 1 aromatic carbocycles. The van der Waals surface area contributed by atoms with Crippen molar-refractivity contribution in [2.45, 2.75) is 103 Å². The van der Waals surface area contributed by atoms with Gasteiger partial charge in [-0.1, -0.05) is 51.1 Å². The Bertz CT molecular complexity index is 1160. The number of aliphatic hydroxyl groups excluding tert-OH is 2. The minimum Gasteiger partial charge on any atom is -0.393 e. The molecule has 7 nitrogen and oxygen atoms in total. The number of rotatable bonds is 8. The van der Waals surface area contributed by atoms with E-state index >= 15 is 0 Å². The largest absolute Gasteiger partial charge is 0.393 e. The van der Waals surface area contributed by atoms with E-state index in [1.54, 1.807) is 24.3 Å². The highest BCUT2D eigenvalue weighted by Gasteiger charge is 2.63. The first-order chi connectivity index (χ1) is 18.8. The van der Waals surface area contributed by atoms with Crippen LogP contribution >= 0.6 is 0 Å². The number of hydrogen-bond acceptors (Lipinski definition) is 5. The van der Waals surface area contributed by atoms with Gasteiger partial charge in [-0.25, -0.2) is 0 Å². The third-order valence-corrected chi connectivity index (χ3v) is 13.0. The van der Waals surface area contributed by atoms with Crippen LogP contribution in [0.5, 0.6) is 0 Å². The van der Waals surface area contributed by atoms with Crippen molar-refractivity contribution < 1.29 is 28.0 Å². The Hall–Kier alpha value is -1.48. The van der Waals surface area contributed by atoms with E-state index in [2.05, 4.69) is 26.1 Å². The standard InChI is InChI=1S/C32H49NO6S/c1-20(9-14-30(36)33-28(19-40(37,38)39)21-7-5-4-6-8-21)25-12-13-26-24-11-10-22-17-23(34)15-16-31(22,2)27(24)18-29(35)32(25,26)3/h4-8,20,22-29,34-35H,9-19H2,1-3H3,(H,33,36)(H,37,38,39). The van der Waals surface area contributed by atoms with Gasteiger partial charge < -0.3 is 15.5 Å². The lowest BCUT2D eigenvalue weighted by Crippen LogP contribution is -2.58. The van der Waals surface area contributed by atoms with Gasteiger partial charge in [0.25, 0.3) is 10.1 Å². The van der Waals surface area contributed by atoms with E-state index < -0.39 is 21.9 Å². The van der Waals surface area contributed by atoms with E-state index in [-0.39, 0.29) is 41.3 Å². The maximum absolute atomic E-state index is 13.0. The quantitative estimate of drug-likeness (QED) is 0.318. The number of carbonyl (C=O) groups is 1. The monoisotopic (exact) mass is 575 g/mol. The lowest BCUT2D eigenvalue weighted by molar-refractivity contribution is -0.175. The van der Waals surface area contributed by atoms with Gasteiger partial charge in [0.1, 0.15) is 0 Å². The molecule has 0 aromatic heterocycles. The molecule has 224 valence electrons. The summed E-state index contributed by atoms with van der Waals surface area (Å²) < 4.78 is 32.7. The maximum Gasteiger partial charge on any atom is 0.267 e. The van der Waals surface area contributed by atoms with E-state index in [1.165, 1.54) is 12.8 Å². The summed E-state index contributed by atoms with van der Waals surface area (Å²) in [4.78, 5) is 13.0. The number of amides is 1. The molecule has 0 spiro atoms. The second-order valence-corrected chi connectivity index (χ2v) is 15.7. The first-order valence-electron chi connectivity index (χ1n) is 15.5. The summed E-state index contributed by atoms with van der Waals surface area (Å²) in [7, 11) is -4.27. The molecule has 0 radical (unpaired) electrons. The smallest absolute Gasteiger partial charge is 0.267 e. The van der Waals surface area contributed by atoms with Gasteiger partial charge in [0, 0.05) is 6.42 Å². The Morgan fingerprint density at radius 3 is 2.45 bits per heavy atom. The Labute approximate surface area is 240 Å². The van der Waals surface area contributed by atoms with Crippen molar-refractivity contribution in [3.05, 3.63) is 35.9 Å². The molecule has 4 aliphatic carbocycles. The number of fused-ring (bicyclic) bond motifs is 5. The van der Waals surface area contributed by atoms with Gasteiger partial charge in [-0.2, -0.15) is 8.42 Å². The molecule has 1 amide bonds. The summed E-state index contributed by atoms with van der Waals surface area (Å²) in [5, 5.41) is 24.9. The van der Waals surface area contributed by atoms with Crippen molar-refractivity contribution in [1.82, 2.24) is 5.32 Å². The van der Waals surface area contributed by atoms with Gasteiger partial charge in [0.2, 0.25) is 5.91 Å². The molecule has 4 saturated carbocycles. The molecule has 11 atom stereocenters. The molecular formula is C32H49NO6S. The fourth-order valence-corrected chi connectivity index (χ4v) is 10.8. The zero-order valence-corrected chi connectivity index (χ0v) is 25.2. The van der Waals surface area contributed by atoms with Crippen LogP contribution in [-0.2, 0) is 14.9 Å². The number of nitrogens with one attached hydrogen (secondary N) is 1. The van der Waals surface area contributed by atoms with Crippen LogP contribution in [0.4, 0.5) is 0 Å². The fraction of sp³-hybridized carbons (Fsp3) is 0.781. The summed E-state index contributed by atoms with van der Waals surface area (Å²) in [6, 6.07) is 8.07. The normalized spacial score (nSPS) is 40.8. The number of aliphatic hydroxyl groups is 2. The highest BCUT2D eigenvalue weighted by molar-refractivity contribution is 7.85. The molecule has 1 aromatic rings. The highest BCUT2D eigenvalue weighted by atomic mass is 32.2. The average Bonchev–Trinajstić information content (AvgIpc) is 3.26. The second-order valence-electron chi connectivity index (χ2n) is 14.2. The van der Waals surface area contributed by atoms with Crippen LogP contribution in [0.2, 0.25) is 0 Å². The van der Waals surface area contributed by atoms with E-state index in [4.69, 9.17) is 0 Å².